The van der Waals surface area contributed by atoms with Crippen molar-refractivity contribution in [2.24, 2.45) is 0 Å². The molecule has 80 heavy (non-hydrogen) atoms. The molecule has 4 aromatic carbocycles. The minimum atomic E-state index is -6.13. The maximum absolute atomic E-state index is 14.2. The van der Waals surface area contributed by atoms with E-state index in [2.05, 4.69) is 28.5 Å². The van der Waals surface area contributed by atoms with Gasteiger partial charge in [0.15, 0.2) is 0 Å². The molecule has 29 heteroatoms. The number of hydrogen-bond acceptors (Lipinski definition) is 3. The second-order valence-electron chi connectivity index (χ2n) is 17.3. The molecule has 2 heterocycles. The van der Waals surface area contributed by atoms with Crippen LogP contribution in [0.4, 0.5) is 105 Å². The van der Waals surface area contributed by atoms with Crippen LogP contribution in [0.25, 0.3) is 11.4 Å². The summed E-state index contributed by atoms with van der Waals surface area (Å²) in [5.74, 6) is 0. The van der Waals surface area contributed by atoms with Crippen molar-refractivity contribution < 1.29 is 131 Å². The van der Waals surface area contributed by atoms with Crippen molar-refractivity contribution in [2.45, 2.75) is 81.2 Å². The van der Waals surface area contributed by atoms with Crippen LogP contribution in [0.3, 0.4) is 0 Å². The minimum absolute atomic E-state index is 0. The molecule has 6 aromatic rings. The summed E-state index contributed by atoms with van der Waals surface area (Å²) in [5.41, 5.74) is -28.4. The van der Waals surface area contributed by atoms with E-state index in [9.17, 15) is 105 Å². The van der Waals surface area contributed by atoms with Gasteiger partial charge in [-0.2, -0.15) is 134 Å². The van der Waals surface area contributed by atoms with Crippen LogP contribution in [0.2, 0.25) is 0 Å². The first-order valence-electron chi connectivity index (χ1n) is 22.4. The largest absolute Gasteiger partial charge is 2.00 e. The molecule has 3 nitrogen and oxygen atoms in total. The molecule has 0 bridgehead atoms. The Morgan fingerprint density at radius 1 is 0.388 bits per heavy atom. The molecule has 1 aliphatic rings. The quantitative estimate of drug-likeness (QED) is 0.0721. The number of nitrogens with zero attached hydrogens (tertiary/aromatic N) is 2. The molecule has 0 saturated heterocycles. The number of benzene rings is 4. The monoisotopic (exact) mass is 1260 g/mol. The van der Waals surface area contributed by atoms with Crippen LogP contribution in [0, 0.1) is 6.42 Å². The Morgan fingerprint density at radius 3 is 0.850 bits per heavy atom. The number of rotatable bonds is 6. The zero-order valence-electron chi connectivity index (χ0n) is 40.0. The predicted molar refractivity (Wildman–Crippen MR) is 240 cm³/mol. The maximum atomic E-state index is 14.2. The second kappa shape index (κ2) is 25.0. The fraction of sp³-hybridized carbons (Fsp3) is 0.275. The molecule has 0 radical (unpaired) electrons. The van der Waals surface area contributed by atoms with E-state index in [1.807, 2.05) is 36.4 Å². The van der Waals surface area contributed by atoms with Crippen molar-refractivity contribution in [3.05, 3.63) is 185 Å². The molecule has 7 rings (SSSR count). The van der Waals surface area contributed by atoms with Crippen LogP contribution in [-0.2, 0) is 74.6 Å². The summed E-state index contributed by atoms with van der Waals surface area (Å²) >= 11 is 0. The number of pyridine rings is 2. The second-order valence-corrected chi connectivity index (χ2v) is 17.3. The number of aromatic nitrogens is 2. The van der Waals surface area contributed by atoms with E-state index in [4.69, 9.17) is 4.74 Å². The summed E-state index contributed by atoms with van der Waals surface area (Å²) in [6, 6.07) is 2.78. The van der Waals surface area contributed by atoms with E-state index in [-0.39, 0.29) is 20.4 Å². The molecule has 0 amide bonds. The SMILES string of the molecule is COC1[CH-]CC/C=C\CC1.FC(F)(F)c1cc([B-](c2cc(C(F)(F)F)cc(C(F)(F)F)c2)(c2cc(C(F)(F)F)cc(C(F)(F)F)c2)c2cc(C(F)(F)F)cc(C(F)(F)F)c2)cc(C(F)(F)F)c1.[Pd+2].c1ccc(-c2ccccn2)nc1. The normalized spacial score (nSPS) is 15.5. The topological polar surface area (TPSA) is 35.0 Å². The van der Waals surface area contributed by atoms with E-state index in [1.165, 1.54) is 6.42 Å². The average molecular weight is 1270 g/mol. The third-order valence-corrected chi connectivity index (χ3v) is 11.9. The van der Waals surface area contributed by atoms with E-state index >= 15 is 0 Å². The Bertz CT molecular complexity index is 2560. The molecule has 1 atom stereocenters. The van der Waals surface area contributed by atoms with Gasteiger partial charge in [-0.3, -0.25) is 16.4 Å². The number of allylic oxidation sites excluding steroid dienone is 2. The first-order chi connectivity index (χ1) is 36.2. The van der Waals surface area contributed by atoms with Crippen molar-refractivity contribution in [1.29, 1.82) is 0 Å². The minimum Gasteiger partial charge on any atom is -0.413 e. The van der Waals surface area contributed by atoms with Gasteiger partial charge in [0.2, 0.25) is 0 Å². The molecule has 0 saturated carbocycles. The molecule has 0 fully saturated rings. The Hall–Kier alpha value is -6.07. The van der Waals surface area contributed by atoms with Crippen molar-refractivity contribution in [3.63, 3.8) is 0 Å². The van der Waals surface area contributed by atoms with Gasteiger partial charge in [-0.05, 0) is 55.0 Å². The molecule has 0 N–H and O–H groups in total. The summed E-state index contributed by atoms with van der Waals surface area (Å²) in [7, 11) is 1.78. The number of hydrogen-bond donors (Lipinski definition) is 0. The van der Waals surface area contributed by atoms with Gasteiger partial charge >= 0.3 is 69.8 Å². The van der Waals surface area contributed by atoms with Crippen LogP contribution in [0.15, 0.2) is 134 Å². The third kappa shape index (κ3) is 17.0. The van der Waals surface area contributed by atoms with Crippen molar-refractivity contribution in [3.8, 4) is 11.4 Å². The molecular weight excluding hydrogens is 1230 g/mol. The Labute approximate surface area is 451 Å². The first kappa shape index (κ1) is 66.4. The van der Waals surface area contributed by atoms with Crippen LogP contribution in [-0.4, -0.2) is 29.3 Å². The standard InChI is InChI=1S/C32H12BF24.C10H8N2.C9H15O.Pd/c34-25(35,36)13-1-14(26(37,38)39)6-21(5-13)33(22-7-15(27(40,41)42)2-16(8-22)28(43,44)45,23-9-17(29(46,47)48)3-18(10-23)30(49,50)51)24-11-19(31(52,53)54)4-20(12-24)32(55,56)57;1-3-7-11-9(5-1)10-6-2-4-8-12-10;1-10-9-7-5-3-2-4-6-8-9;/h1-12H;1-8H;2-3,8-9H,4-7H2,1H3;/q-1;;-1;+2/b;;3-2-;. The first-order valence-corrected chi connectivity index (χ1v) is 22.4. The molecule has 436 valence electrons. The van der Waals surface area contributed by atoms with E-state index < -0.39 is 195 Å². The molecule has 2 aromatic heterocycles. The van der Waals surface area contributed by atoms with Gasteiger partial charge < -0.3 is 4.74 Å². The summed E-state index contributed by atoms with van der Waals surface area (Å²) in [5, 5.41) is 0. The van der Waals surface area contributed by atoms with E-state index in [1.54, 1.807) is 19.5 Å². The predicted octanol–water partition coefficient (Wildman–Crippen LogP) is 15.7. The summed E-state index contributed by atoms with van der Waals surface area (Å²) in [6.07, 6.45) is -39.5. The van der Waals surface area contributed by atoms with Gasteiger partial charge in [-0.15, -0.1) is 0 Å². The number of ether oxygens (including phenoxy) is 1. The van der Waals surface area contributed by atoms with E-state index in [0.717, 1.165) is 30.7 Å². The average Bonchev–Trinajstić information content (AvgIpc) is 3.33. The van der Waals surface area contributed by atoms with Crippen molar-refractivity contribution >= 4 is 28.0 Å². The smallest absolute Gasteiger partial charge is 0.413 e. The Balaban J connectivity index is 0.000000488. The van der Waals surface area contributed by atoms with Gasteiger partial charge in [0, 0.05) is 19.5 Å². The van der Waals surface area contributed by atoms with Gasteiger partial charge in [-0.1, -0.05) is 91.8 Å². The summed E-state index contributed by atoms with van der Waals surface area (Å²) < 4.78 is 346. The summed E-state index contributed by atoms with van der Waals surface area (Å²) in [6.45, 7) is 0. The molecular formula is C51H35BF24N2OPd. The van der Waals surface area contributed by atoms with Gasteiger partial charge in [-0.25, -0.2) is 0 Å². The van der Waals surface area contributed by atoms with Crippen LogP contribution in [0.5, 0.6) is 0 Å². The van der Waals surface area contributed by atoms with Crippen molar-refractivity contribution in [1.82, 2.24) is 9.97 Å². The maximum Gasteiger partial charge on any atom is 2.00 e. The Kier molecular flexibility index (Phi) is 20.7. The fourth-order valence-corrected chi connectivity index (χ4v) is 8.31. The van der Waals surface area contributed by atoms with Crippen LogP contribution >= 0.6 is 0 Å². The molecule has 1 aliphatic carbocycles. The third-order valence-electron chi connectivity index (χ3n) is 11.9. The van der Waals surface area contributed by atoms with Gasteiger partial charge in [0.05, 0.1) is 55.9 Å². The number of halogens is 24. The molecule has 1 unspecified atom stereocenters. The van der Waals surface area contributed by atoms with Gasteiger partial charge in [0.1, 0.15) is 6.15 Å². The van der Waals surface area contributed by atoms with Crippen LogP contribution < -0.4 is 21.9 Å². The Morgan fingerprint density at radius 2 is 0.637 bits per heavy atom. The van der Waals surface area contributed by atoms with Crippen molar-refractivity contribution in [2.75, 3.05) is 7.11 Å². The zero-order valence-corrected chi connectivity index (χ0v) is 41.5. The van der Waals surface area contributed by atoms with Crippen LogP contribution in [0.1, 0.15) is 70.2 Å². The fourth-order valence-electron chi connectivity index (χ4n) is 8.31. The molecule has 0 aliphatic heterocycles. The number of alkyl halides is 24. The number of methoxy groups -OCH3 is 1. The summed E-state index contributed by atoms with van der Waals surface area (Å²) in [4.78, 5) is 8.37. The zero-order chi connectivity index (χ0) is 59.4. The van der Waals surface area contributed by atoms with E-state index in [0.29, 0.717) is 6.10 Å². The van der Waals surface area contributed by atoms with Gasteiger partial charge in [0.25, 0.3) is 0 Å². The molecule has 0 spiro atoms.